The fourth-order valence-electron chi connectivity index (χ4n) is 3.00. The molecule has 1 aliphatic rings. The minimum atomic E-state index is -0.0379. The maximum absolute atomic E-state index is 12.8. The molecule has 1 aliphatic heterocycles. The van der Waals surface area contributed by atoms with Crippen LogP contribution in [0.5, 0.6) is 5.75 Å². The zero-order chi connectivity index (χ0) is 15.7. The molecule has 6 nitrogen and oxygen atoms in total. The van der Waals surface area contributed by atoms with Crippen molar-refractivity contribution in [2.75, 3.05) is 40.8 Å². The van der Waals surface area contributed by atoms with Crippen LogP contribution in [0.2, 0.25) is 0 Å². The summed E-state index contributed by atoms with van der Waals surface area (Å²) in [4.78, 5) is 21.8. The Balaban J connectivity index is 1.98. The average Bonchev–Trinajstić information content (AvgIpc) is 2.53. The fourth-order valence-corrected chi connectivity index (χ4v) is 3.00. The van der Waals surface area contributed by atoms with Gasteiger partial charge in [-0.15, -0.1) is 0 Å². The molecule has 1 aromatic carbocycles. The molecule has 2 heterocycles. The van der Waals surface area contributed by atoms with Gasteiger partial charge in [0.05, 0.1) is 19.0 Å². The molecular formula is C16H22N4O2. The van der Waals surface area contributed by atoms with Crippen molar-refractivity contribution in [2.45, 2.75) is 12.6 Å². The molecule has 0 unspecified atom stereocenters. The molecule has 6 heteroatoms. The highest BCUT2D eigenvalue weighted by Gasteiger charge is 2.23. The van der Waals surface area contributed by atoms with E-state index in [1.807, 2.05) is 12.1 Å². The minimum Gasteiger partial charge on any atom is -0.496 e. The van der Waals surface area contributed by atoms with Crippen molar-refractivity contribution in [1.29, 1.82) is 0 Å². The number of hydrogen-bond donors (Lipinski definition) is 0. The van der Waals surface area contributed by atoms with Crippen LogP contribution < -0.4 is 10.3 Å². The number of nitrogens with zero attached hydrogens (tertiary/aromatic N) is 4. The first-order valence-corrected chi connectivity index (χ1v) is 7.51. The Morgan fingerprint density at radius 3 is 2.91 bits per heavy atom. The molecule has 0 N–H and O–H groups in total. The summed E-state index contributed by atoms with van der Waals surface area (Å²) >= 11 is 0. The molecule has 1 fully saturated rings. The van der Waals surface area contributed by atoms with Crippen LogP contribution in [-0.2, 0) is 6.54 Å². The molecule has 1 saturated heterocycles. The maximum Gasteiger partial charge on any atom is 0.265 e. The van der Waals surface area contributed by atoms with E-state index >= 15 is 0 Å². The van der Waals surface area contributed by atoms with E-state index in [9.17, 15) is 4.79 Å². The second-order valence-corrected chi connectivity index (χ2v) is 5.95. The summed E-state index contributed by atoms with van der Waals surface area (Å²) in [5.41, 5.74) is 0.638. The van der Waals surface area contributed by atoms with Gasteiger partial charge in [0.25, 0.3) is 5.56 Å². The van der Waals surface area contributed by atoms with Crippen molar-refractivity contribution in [3.05, 3.63) is 34.9 Å². The van der Waals surface area contributed by atoms with E-state index < -0.39 is 0 Å². The van der Waals surface area contributed by atoms with Crippen LogP contribution in [0.25, 0.3) is 10.9 Å². The van der Waals surface area contributed by atoms with E-state index in [0.717, 1.165) is 19.6 Å². The largest absolute Gasteiger partial charge is 0.496 e. The molecule has 3 rings (SSSR count). The van der Waals surface area contributed by atoms with Crippen LogP contribution in [0.1, 0.15) is 0 Å². The van der Waals surface area contributed by atoms with Gasteiger partial charge in [-0.25, -0.2) is 4.98 Å². The van der Waals surface area contributed by atoms with Crippen LogP contribution in [0.15, 0.2) is 29.3 Å². The maximum atomic E-state index is 12.8. The number of ether oxygens (including phenoxy) is 1. The van der Waals surface area contributed by atoms with Crippen molar-refractivity contribution >= 4 is 10.9 Å². The number of methoxy groups -OCH3 is 1. The number of rotatable bonds is 3. The van der Waals surface area contributed by atoms with Crippen molar-refractivity contribution in [3.8, 4) is 5.75 Å². The molecular weight excluding hydrogens is 280 g/mol. The van der Waals surface area contributed by atoms with E-state index in [2.05, 4.69) is 28.9 Å². The predicted octanol–water partition coefficient (Wildman–Crippen LogP) is 0.651. The average molecular weight is 302 g/mol. The Labute approximate surface area is 129 Å². The van der Waals surface area contributed by atoms with Gasteiger partial charge in [-0.2, -0.15) is 0 Å². The number of hydrogen-bond acceptors (Lipinski definition) is 5. The van der Waals surface area contributed by atoms with Crippen LogP contribution in [0, 0.1) is 0 Å². The summed E-state index contributed by atoms with van der Waals surface area (Å²) < 4.78 is 7.02. The predicted molar refractivity (Wildman–Crippen MR) is 86.5 cm³/mol. The SMILES string of the molecule is COc1cccc2ncn(C[C@H]3CN(C)CCN3C)c(=O)c12. The first kappa shape index (κ1) is 15.0. The summed E-state index contributed by atoms with van der Waals surface area (Å²) in [6.07, 6.45) is 1.65. The molecule has 118 valence electrons. The monoisotopic (exact) mass is 302 g/mol. The fraction of sp³-hybridized carbons (Fsp3) is 0.500. The lowest BCUT2D eigenvalue weighted by Gasteiger charge is -2.37. The molecule has 0 amide bonds. The van der Waals surface area contributed by atoms with Gasteiger partial charge in [0.2, 0.25) is 0 Å². The van der Waals surface area contributed by atoms with Gasteiger partial charge >= 0.3 is 0 Å². The van der Waals surface area contributed by atoms with Gasteiger partial charge in [-0.3, -0.25) is 14.3 Å². The number of piperazine rings is 1. The van der Waals surface area contributed by atoms with Gasteiger partial charge in [-0.1, -0.05) is 6.07 Å². The van der Waals surface area contributed by atoms with Crippen molar-refractivity contribution < 1.29 is 4.74 Å². The number of fused-ring (bicyclic) bond motifs is 1. The molecule has 22 heavy (non-hydrogen) atoms. The first-order valence-electron chi connectivity index (χ1n) is 7.51. The summed E-state index contributed by atoms with van der Waals surface area (Å²) in [6.45, 7) is 3.67. The normalized spacial score (nSPS) is 20.4. The molecule has 2 aromatic rings. The molecule has 0 aliphatic carbocycles. The number of likely N-dealkylation sites (N-methyl/N-ethyl adjacent to an activating group) is 2. The standard InChI is InChI=1S/C16H22N4O2/c1-18-7-8-19(2)12(9-18)10-20-11-17-13-5-4-6-14(22-3)15(13)16(20)21/h4-6,11-12H,7-10H2,1-3H3/t12-/m1/s1. The Bertz CT molecular complexity index is 728. The zero-order valence-corrected chi connectivity index (χ0v) is 13.3. The van der Waals surface area contributed by atoms with E-state index in [4.69, 9.17) is 4.74 Å². The summed E-state index contributed by atoms with van der Waals surface area (Å²) in [6, 6.07) is 5.80. The highest BCUT2D eigenvalue weighted by molar-refractivity contribution is 5.83. The Kier molecular flexibility index (Phi) is 4.13. The van der Waals surface area contributed by atoms with Gasteiger partial charge in [0, 0.05) is 32.2 Å². The van der Waals surface area contributed by atoms with Crippen molar-refractivity contribution in [1.82, 2.24) is 19.4 Å². The second-order valence-electron chi connectivity index (χ2n) is 5.95. The Morgan fingerprint density at radius 2 is 2.14 bits per heavy atom. The van der Waals surface area contributed by atoms with E-state index in [-0.39, 0.29) is 5.56 Å². The lowest BCUT2D eigenvalue weighted by Crippen LogP contribution is -2.52. The third kappa shape index (κ3) is 2.71. The second kappa shape index (κ2) is 6.06. The summed E-state index contributed by atoms with van der Waals surface area (Å²) in [5.74, 6) is 0.582. The quantitative estimate of drug-likeness (QED) is 0.833. The third-order valence-electron chi connectivity index (χ3n) is 4.42. The van der Waals surface area contributed by atoms with Gasteiger partial charge in [-0.05, 0) is 26.2 Å². The van der Waals surface area contributed by atoms with Gasteiger partial charge in [0.15, 0.2) is 0 Å². The molecule has 0 bridgehead atoms. The van der Waals surface area contributed by atoms with Gasteiger partial charge in [0.1, 0.15) is 11.1 Å². The van der Waals surface area contributed by atoms with E-state index in [1.54, 1.807) is 24.1 Å². The molecule has 1 atom stereocenters. The summed E-state index contributed by atoms with van der Waals surface area (Å²) in [5, 5.41) is 0.555. The molecule has 0 radical (unpaired) electrons. The van der Waals surface area contributed by atoms with Crippen LogP contribution in [0.4, 0.5) is 0 Å². The smallest absolute Gasteiger partial charge is 0.265 e. The minimum absolute atomic E-state index is 0.0379. The highest BCUT2D eigenvalue weighted by Crippen LogP contribution is 2.20. The van der Waals surface area contributed by atoms with Gasteiger partial charge < -0.3 is 9.64 Å². The third-order valence-corrected chi connectivity index (χ3v) is 4.42. The lowest BCUT2D eigenvalue weighted by atomic mass is 10.1. The lowest BCUT2D eigenvalue weighted by molar-refractivity contribution is 0.102. The van der Waals surface area contributed by atoms with E-state index in [0.29, 0.717) is 29.2 Å². The molecule has 0 saturated carbocycles. The van der Waals surface area contributed by atoms with Crippen LogP contribution in [-0.4, -0.2) is 66.2 Å². The zero-order valence-electron chi connectivity index (χ0n) is 13.3. The number of benzene rings is 1. The van der Waals surface area contributed by atoms with Crippen LogP contribution >= 0.6 is 0 Å². The van der Waals surface area contributed by atoms with Crippen molar-refractivity contribution in [2.24, 2.45) is 0 Å². The first-order chi connectivity index (χ1) is 10.6. The van der Waals surface area contributed by atoms with E-state index in [1.165, 1.54) is 0 Å². The topological polar surface area (TPSA) is 50.6 Å². The molecule has 1 aromatic heterocycles. The summed E-state index contributed by atoms with van der Waals surface area (Å²) in [7, 11) is 5.80. The highest BCUT2D eigenvalue weighted by atomic mass is 16.5. The number of aromatic nitrogens is 2. The molecule has 0 spiro atoms. The Morgan fingerprint density at radius 1 is 1.32 bits per heavy atom. The van der Waals surface area contributed by atoms with Crippen molar-refractivity contribution in [3.63, 3.8) is 0 Å². The Hall–Kier alpha value is -1.92. The van der Waals surface area contributed by atoms with Crippen LogP contribution in [0.3, 0.4) is 0 Å².